The average molecular weight is 298 g/mol. The van der Waals surface area contributed by atoms with Crippen molar-refractivity contribution in [2.45, 2.75) is 26.4 Å². The molecule has 110 valence electrons. The Labute approximate surface area is 118 Å². The number of fused-ring (bicyclic) bond motifs is 1. The van der Waals surface area contributed by atoms with Crippen LogP contribution in [0.2, 0.25) is 0 Å². The molecule has 7 heteroatoms. The summed E-state index contributed by atoms with van der Waals surface area (Å²) in [5, 5.41) is 2.77. The summed E-state index contributed by atoms with van der Waals surface area (Å²) in [6.45, 7) is 3.61. The highest BCUT2D eigenvalue weighted by Crippen LogP contribution is 2.30. The standard InChI is InChI=1S/C13H18N2O4S/c1-3-20(17,18)14-7-6-10-4-5-12-11(8-10)15-13(16)9(2)19-12/h4-5,8-9,14H,3,6-7H2,1-2H3,(H,15,16). The molecule has 1 aromatic rings. The zero-order valence-corrected chi connectivity index (χ0v) is 12.3. The van der Waals surface area contributed by atoms with Crippen molar-refractivity contribution in [2.24, 2.45) is 0 Å². The highest BCUT2D eigenvalue weighted by atomic mass is 32.2. The first-order valence-electron chi connectivity index (χ1n) is 6.49. The Balaban J connectivity index is 2.01. The van der Waals surface area contributed by atoms with Crippen LogP contribution < -0.4 is 14.8 Å². The van der Waals surface area contributed by atoms with Gasteiger partial charge in [0, 0.05) is 6.54 Å². The molecule has 0 fully saturated rings. The molecule has 1 aliphatic rings. The van der Waals surface area contributed by atoms with Crippen molar-refractivity contribution in [3.05, 3.63) is 23.8 Å². The fourth-order valence-corrected chi connectivity index (χ4v) is 2.48. The maximum Gasteiger partial charge on any atom is 0.265 e. The first-order valence-corrected chi connectivity index (χ1v) is 8.14. The van der Waals surface area contributed by atoms with Gasteiger partial charge in [0.2, 0.25) is 10.0 Å². The van der Waals surface area contributed by atoms with Crippen LogP contribution in [0.5, 0.6) is 5.75 Å². The van der Waals surface area contributed by atoms with Crippen molar-refractivity contribution < 1.29 is 17.9 Å². The van der Waals surface area contributed by atoms with E-state index in [-0.39, 0.29) is 11.7 Å². The molecule has 1 atom stereocenters. The molecule has 1 amide bonds. The van der Waals surface area contributed by atoms with Crippen molar-refractivity contribution in [3.63, 3.8) is 0 Å². The van der Waals surface area contributed by atoms with Gasteiger partial charge in [-0.1, -0.05) is 6.07 Å². The number of carbonyl (C=O) groups excluding carboxylic acids is 1. The summed E-state index contributed by atoms with van der Waals surface area (Å²) in [5.41, 5.74) is 1.56. The summed E-state index contributed by atoms with van der Waals surface area (Å²) in [7, 11) is -3.17. The fourth-order valence-electron chi connectivity index (χ4n) is 1.86. The number of ether oxygens (including phenoxy) is 1. The molecule has 1 unspecified atom stereocenters. The van der Waals surface area contributed by atoms with E-state index in [2.05, 4.69) is 10.0 Å². The van der Waals surface area contributed by atoms with Crippen LogP contribution in [0.3, 0.4) is 0 Å². The van der Waals surface area contributed by atoms with E-state index in [9.17, 15) is 13.2 Å². The molecular weight excluding hydrogens is 280 g/mol. The Hall–Kier alpha value is -1.60. The summed E-state index contributed by atoms with van der Waals surface area (Å²) < 4.78 is 30.6. The predicted octanol–water partition coefficient (Wildman–Crippen LogP) is 0.888. The maximum atomic E-state index is 11.5. The third-order valence-corrected chi connectivity index (χ3v) is 4.49. The predicted molar refractivity (Wildman–Crippen MR) is 76.3 cm³/mol. The number of amides is 1. The summed E-state index contributed by atoms with van der Waals surface area (Å²) in [4.78, 5) is 11.5. The molecule has 0 spiro atoms. The van der Waals surface area contributed by atoms with Gasteiger partial charge >= 0.3 is 0 Å². The van der Waals surface area contributed by atoms with Crippen LogP contribution >= 0.6 is 0 Å². The van der Waals surface area contributed by atoms with Gasteiger partial charge in [0.05, 0.1) is 11.4 Å². The molecule has 0 saturated carbocycles. The molecule has 0 saturated heterocycles. The van der Waals surface area contributed by atoms with E-state index in [1.165, 1.54) is 0 Å². The van der Waals surface area contributed by atoms with Gasteiger partial charge < -0.3 is 10.1 Å². The molecule has 2 rings (SSSR count). The maximum absolute atomic E-state index is 11.5. The Bertz CT molecular complexity index is 613. The molecule has 0 bridgehead atoms. The van der Waals surface area contributed by atoms with Crippen LogP contribution in [0.15, 0.2) is 18.2 Å². The summed E-state index contributed by atoms with van der Waals surface area (Å²) in [5.74, 6) is 0.523. The van der Waals surface area contributed by atoms with Gasteiger partial charge in [-0.05, 0) is 38.0 Å². The summed E-state index contributed by atoms with van der Waals surface area (Å²) in [6, 6.07) is 5.46. The van der Waals surface area contributed by atoms with Gasteiger partial charge in [-0.25, -0.2) is 13.1 Å². The van der Waals surface area contributed by atoms with Crippen molar-refractivity contribution in [3.8, 4) is 5.75 Å². The van der Waals surface area contributed by atoms with Crippen LogP contribution in [-0.2, 0) is 21.2 Å². The van der Waals surface area contributed by atoms with Crippen molar-refractivity contribution in [1.29, 1.82) is 0 Å². The monoisotopic (exact) mass is 298 g/mol. The highest BCUT2D eigenvalue weighted by molar-refractivity contribution is 7.89. The molecule has 1 aromatic carbocycles. The topological polar surface area (TPSA) is 84.5 Å². The Morgan fingerprint density at radius 1 is 1.40 bits per heavy atom. The molecule has 6 nitrogen and oxygen atoms in total. The number of benzene rings is 1. The summed E-state index contributed by atoms with van der Waals surface area (Å²) in [6.07, 6.45) is 0.0579. The second kappa shape index (κ2) is 5.80. The SMILES string of the molecule is CCS(=O)(=O)NCCc1ccc2c(c1)NC(=O)C(C)O2. The molecular formula is C13H18N2O4S. The Morgan fingerprint density at radius 2 is 2.15 bits per heavy atom. The lowest BCUT2D eigenvalue weighted by atomic mass is 10.1. The van der Waals surface area contributed by atoms with Gasteiger partial charge in [0.15, 0.2) is 6.10 Å². The smallest absolute Gasteiger partial charge is 0.265 e. The van der Waals surface area contributed by atoms with Crippen LogP contribution in [0.1, 0.15) is 19.4 Å². The van der Waals surface area contributed by atoms with Crippen molar-refractivity contribution >= 4 is 21.6 Å². The lowest BCUT2D eigenvalue weighted by Gasteiger charge is -2.23. The Morgan fingerprint density at radius 3 is 2.85 bits per heavy atom. The molecule has 2 N–H and O–H groups in total. The second-order valence-electron chi connectivity index (χ2n) is 4.63. The quantitative estimate of drug-likeness (QED) is 0.845. The third kappa shape index (κ3) is 3.49. The first kappa shape index (κ1) is 14.8. The van der Waals surface area contributed by atoms with E-state index < -0.39 is 16.1 Å². The van der Waals surface area contributed by atoms with E-state index in [0.29, 0.717) is 24.4 Å². The molecule has 0 radical (unpaired) electrons. The second-order valence-corrected chi connectivity index (χ2v) is 6.72. The van der Waals surface area contributed by atoms with Gasteiger partial charge in [-0.3, -0.25) is 4.79 Å². The number of anilines is 1. The highest BCUT2D eigenvalue weighted by Gasteiger charge is 2.23. The molecule has 1 aliphatic heterocycles. The van der Waals surface area contributed by atoms with Gasteiger partial charge in [0.25, 0.3) is 5.91 Å². The molecule has 1 heterocycles. The van der Waals surface area contributed by atoms with E-state index >= 15 is 0 Å². The lowest BCUT2D eigenvalue weighted by Crippen LogP contribution is -2.34. The van der Waals surface area contributed by atoms with Gasteiger partial charge in [-0.2, -0.15) is 0 Å². The molecule has 0 aromatic heterocycles. The van der Waals surface area contributed by atoms with E-state index in [1.54, 1.807) is 26.0 Å². The minimum atomic E-state index is -3.17. The fraction of sp³-hybridized carbons (Fsp3) is 0.462. The molecule has 0 aliphatic carbocycles. The minimum absolute atomic E-state index is 0.0684. The van der Waals surface area contributed by atoms with Crippen LogP contribution in [0.4, 0.5) is 5.69 Å². The lowest BCUT2D eigenvalue weighted by molar-refractivity contribution is -0.122. The largest absolute Gasteiger partial charge is 0.479 e. The average Bonchev–Trinajstić information content (AvgIpc) is 2.40. The Kier molecular flexibility index (Phi) is 4.29. The number of hydrogen-bond donors (Lipinski definition) is 2. The zero-order valence-electron chi connectivity index (χ0n) is 11.5. The molecule has 20 heavy (non-hydrogen) atoms. The number of rotatable bonds is 5. The summed E-state index contributed by atoms with van der Waals surface area (Å²) >= 11 is 0. The third-order valence-electron chi connectivity index (χ3n) is 3.09. The number of hydrogen-bond acceptors (Lipinski definition) is 4. The van der Waals surface area contributed by atoms with E-state index in [4.69, 9.17) is 4.74 Å². The minimum Gasteiger partial charge on any atom is -0.479 e. The van der Waals surface area contributed by atoms with E-state index in [1.807, 2.05) is 6.07 Å². The number of nitrogens with one attached hydrogen (secondary N) is 2. The van der Waals surface area contributed by atoms with Gasteiger partial charge in [0.1, 0.15) is 5.75 Å². The number of sulfonamides is 1. The van der Waals surface area contributed by atoms with Crippen LogP contribution in [-0.4, -0.2) is 32.7 Å². The first-order chi connectivity index (χ1) is 9.41. The van der Waals surface area contributed by atoms with Crippen molar-refractivity contribution in [2.75, 3.05) is 17.6 Å². The number of carbonyl (C=O) groups is 1. The van der Waals surface area contributed by atoms with E-state index in [0.717, 1.165) is 5.56 Å². The zero-order chi connectivity index (χ0) is 14.8. The van der Waals surface area contributed by atoms with Crippen LogP contribution in [0.25, 0.3) is 0 Å². The van der Waals surface area contributed by atoms with Crippen molar-refractivity contribution in [1.82, 2.24) is 4.72 Å². The van der Waals surface area contributed by atoms with Gasteiger partial charge in [-0.15, -0.1) is 0 Å². The normalized spacial score (nSPS) is 18.1. The van der Waals surface area contributed by atoms with Crippen LogP contribution in [0, 0.1) is 0 Å².